The molecule has 0 fully saturated rings. The Hall–Kier alpha value is -1.17. The topological polar surface area (TPSA) is 133 Å². The molecule has 11 heteroatoms. The molecule has 0 aliphatic heterocycles. The lowest BCUT2D eigenvalue weighted by molar-refractivity contribution is -0.156. The van der Waals surface area contributed by atoms with Crippen molar-refractivity contribution in [1.29, 1.82) is 5.41 Å². The van der Waals surface area contributed by atoms with Crippen molar-refractivity contribution in [3.63, 3.8) is 0 Å². The highest BCUT2D eigenvalue weighted by Crippen LogP contribution is 2.39. The minimum atomic E-state index is -1.88. The van der Waals surface area contributed by atoms with E-state index < -0.39 is 5.79 Å². The van der Waals surface area contributed by atoms with Crippen molar-refractivity contribution in [2.24, 2.45) is 22.7 Å². The van der Waals surface area contributed by atoms with E-state index in [2.05, 4.69) is 51.7 Å². The van der Waals surface area contributed by atoms with Gasteiger partial charge in [0.1, 0.15) is 5.84 Å². The highest BCUT2D eigenvalue weighted by Gasteiger charge is 2.34. The molecule has 5 N–H and O–H groups in total. The van der Waals surface area contributed by atoms with Crippen LogP contribution < -0.4 is 5.84 Å². The normalized spacial score (nSPS) is 22.3. The number of amidine groups is 1. The van der Waals surface area contributed by atoms with Crippen molar-refractivity contribution >= 4 is 40.0 Å². The average molecular weight is 590 g/mol. The molecule has 0 bridgehead atoms. The number of nitrogens with zero attached hydrogens (tertiary/aromatic N) is 4. The van der Waals surface area contributed by atoms with E-state index in [1.165, 1.54) is 11.6 Å². The van der Waals surface area contributed by atoms with Gasteiger partial charge in [-0.2, -0.15) is 5.10 Å². The van der Waals surface area contributed by atoms with Gasteiger partial charge in [-0.15, -0.1) is 0 Å². The molecule has 0 saturated heterocycles. The zero-order valence-corrected chi connectivity index (χ0v) is 23.1. The molecule has 1 aliphatic rings. The highest BCUT2D eigenvalue weighted by atomic mass is 127. The van der Waals surface area contributed by atoms with E-state index in [-0.39, 0.29) is 36.4 Å². The minimum Gasteiger partial charge on any atom is -0.495 e. The number of ether oxygens (including phenoxy) is 1. The number of aryl methyl sites for hydroxylation is 1. The smallest absolute Gasteiger partial charge is 0.179 e. The van der Waals surface area contributed by atoms with Crippen LogP contribution in [-0.2, 0) is 11.3 Å². The van der Waals surface area contributed by atoms with Crippen molar-refractivity contribution in [1.82, 2.24) is 14.6 Å². The Morgan fingerprint density at radius 1 is 1.58 bits per heavy atom. The number of aliphatic hydroxyl groups is 2. The van der Waals surface area contributed by atoms with Crippen molar-refractivity contribution in [2.75, 3.05) is 0 Å². The van der Waals surface area contributed by atoms with E-state index in [0.717, 1.165) is 12.2 Å². The van der Waals surface area contributed by atoms with Crippen LogP contribution in [0.2, 0.25) is 0 Å². The first kappa shape index (κ1) is 28.1. The molecule has 9 nitrogen and oxygen atoms in total. The van der Waals surface area contributed by atoms with E-state index >= 15 is 0 Å². The van der Waals surface area contributed by atoms with Crippen LogP contribution in [0.5, 0.6) is 0 Å². The number of allylic oxidation sites excluding steroid dienone is 2. The molecule has 2 rings (SSSR count). The van der Waals surface area contributed by atoms with Gasteiger partial charge in [0.25, 0.3) is 0 Å². The Kier molecular flexibility index (Phi) is 10.2. The number of hydrogen-bond acceptors (Lipinski definition) is 7. The van der Waals surface area contributed by atoms with Gasteiger partial charge < -0.3 is 14.9 Å². The Morgan fingerprint density at radius 3 is 2.79 bits per heavy atom. The Morgan fingerprint density at radius 2 is 2.24 bits per heavy atom. The summed E-state index contributed by atoms with van der Waals surface area (Å²) < 4.78 is 9.34. The van der Waals surface area contributed by atoms with Gasteiger partial charge in [0.15, 0.2) is 5.79 Å². The van der Waals surface area contributed by atoms with Crippen LogP contribution in [-0.4, -0.2) is 54.3 Å². The van der Waals surface area contributed by atoms with Gasteiger partial charge in [-0.3, -0.25) is 15.9 Å². The minimum absolute atomic E-state index is 0.00200. The molecule has 1 aromatic rings. The number of hydrazine groups is 1. The predicted molar refractivity (Wildman–Crippen MR) is 143 cm³/mol. The number of nitrogens with two attached hydrogens (primary N) is 1. The lowest BCUT2D eigenvalue weighted by Crippen LogP contribution is -2.43. The summed E-state index contributed by atoms with van der Waals surface area (Å²) in [7, 11) is 0. The molecule has 1 aliphatic carbocycles. The van der Waals surface area contributed by atoms with Crippen LogP contribution in [0.25, 0.3) is 0 Å². The molecule has 0 spiro atoms. The van der Waals surface area contributed by atoms with Crippen LogP contribution >= 0.6 is 28.4 Å². The van der Waals surface area contributed by atoms with Crippen LogP contribution in [0.15, 0.2) is 35.7 Å². The van der Waals surface area contributed by atoms with E-state index in [4.69, 9.17) is 16.0 Å². The third-order valence-electron chi connectivity index (χ3n) is 5.34. The van der Waals surface area contributed by atoms with Crippen molar-refractivity contribution < 1.29 is 14.9 Å². The number of halogens is 1. The predicted octanol–water partition coefficient (Wildman–Crippen LogP) is 3.69. The number of nitrogens with one attached hydrogen (secondary N) is 1. The van der Waals surface area contributed by atoms with Crippen LogP contribution in [0.4, 0.5) is 0 Å². The SMILES string of the molecule is C=CC(=NC(=N)CC1C=C(OC(C)C)[C@@H](C)CC1N(N)PI)c1cn(CC(C)(O)O)nc1C. The maximum atomic E-state index is 9.66. The summed E-state index contributed by atoms with van der Waals surface area (Å²) >= 11 is 2.28. The Labute approximate surface area is 211 Å². The number of aromatic nitrogens is 2. The van der Waals surface area contributed by atoms with Gasteiger partial charge in [0, 0.05) is 42.4 Å². The molecule has 1 aromatic heterocycles. The second-order valence-electron chi connectivity index (χ2n) is 8.99. The highest BCUT2D eigenvalue weighted by molar-refractivity contribution is 14.2. The molecule has 3 unspecified atom stereocenters. The summed E-state index contributed by atoms with van der Waals surface area (Å²) in [5.41, 5.74) is 1.88. The summed E-state index contributed by atoms with van der Waals surface area (Å²) in [5, 5.41) is 32.3. The van der Waals surface area contributed by atoms with Crippen molar-refractivity contribution in [2.45, 2.75) is 71.9 Å². The zero-order valence-electron chi connectivity index (χ0n) is 19.9. The second kappa shape index (κ2) is 12.0. The van der Waals surface area contributed by atoms with Crippen molar-refractivity contribution in [3.8, 4) is 0 Å². The monoisotopic (exact) mass is 590 g/mol. The molecular formula is C22H36IN6O3P. The van der Waals surface area contributed by atoms with Gasteiger partial charge >= 0.3 is 0 Å². The van der Waals surface area contributed by atoms with Gasteiger partial charge in [-0.25, -0.2) is 9.77 Å². The lowest BCUT2D eigenvalue weighted by Gasteiger charge is -2.38. The van der Waals surface area contributed by atoms with Crippen LogP contribution in [0.1, 0.15) is 51.8 Å². The molecule has 0 radical (unpaired) electrons. The average Bonchev–Trinajstić information content (AvgIpc) is 3.05. The molecule has 0 aromatic carbocycles. The first-order chi connectivity index (χ1) is 15.3. The fraction of sp³-hybridized carbons (Fsp3) is 0.591. The first-order valence-electron chi connectivity index (χ1n) is 10.9. The first-order valence-corrected chi connectivity index (χ1v) is 15.0. The Balaban J connectivity index is 2.29. The van der Waals surface area contributed by atoms with E-state index in [1.807, 2.05) is 25.6 Å². The standard InChI is InChI=1S/C22H36IN6O3P/c1-7-18(17-11-28(27-15(17)5)12-22(6,30)31)26-21(24)10-16-9-20(32-13(2)3)14(4)8-19(16)29(25)33-23/h7,9,11,13-14,16,19,24,30-31,33H,1,8,10,12,25H2,2-6H3/t14-,16?,19?/m0/s1. The van der Waals surface area contributed by atoms with E-state index in [0.29, 0.717) is 29.8 Å². The van der Waals surface area contributed by atoms with Crippen LogP contribution in [0.3, 0.4) is 0 Å². The number of hydrogen-bond donors (Lipinski definition) is 4. The molecule has 1 heterocycles. The van der Waals surface area contributed by atoms with E-state index in [1.54, 1.807) is 12.3 Å². The fourth-order valence-corrected chi connectivity index (χ4v) is 5.43. The molecule has 184 valence electrons. The molecule has 33 heavy (non-hydrogen) atoms. The van der Waals surface area contributed by atoms with Gasteiger partial charge in [-0.05, 0) is 68.3 Å². The summed E-state index contributed by atoms with van der Waals surface area (Å²) in [6.45, 7) is 13.0. The third-order valence-corrected chi connectivity index (χ3v) is 7.54. The molecular weight excluding hydrogens is 554 g/mol. The second-order valence-corrected chi connectivity index (χ2v) is 11.1. The maximum Gasteiger partial charge on any atom is 0.179 e. The number of rotatable bonds is 10. The molecule has 0 amide bonds. The van der Waals surface area contributed by atoms with Crippen LogP contribution in [0, 0.1) is 24.2 Å². The Bertz CT molecular complexity index is 908. The van der Waals surface area contributed by atoms with Crippen molar-refractivity contribution in [3.05, 3.63) is 41.9 Å². The fourth-order valence-electron chi connectivity index (χ4n) is 3.93. The zero-order chi connectivity index (χ0) is 24.9. The molecule has 4 atom stereocenters. The van der Waals surface area contributed by atoms with Gasteiger partial charge in [0.2, 0.25) is 0 Å². The van der Waals surface area contributed by atoms with Gasteiger partial charge in [-0.1, -0.05) is 13.5 Å². The van der Waals surface area contributed by atoms with E-state index in [9.17, 15) is 10.2 Å². The third kappa shape index (κ3) is 8.22. The maximum absolute atomic E-state index is 9.66. The number of aliphatic imine (C=N–C) groups is 1. The van der Waals surface area contributed by atoms with Gasteiger partial charge in [0.05, 0.1) is 29.8 Å². The summed E-state index contributed by atoms with van der Waals surface area (Å²) in [5.74, 6) is 5.84. The quantitative estimate of drug-likeness (QED) is 0.0625. The summed E-state index contributed by atoms with van der Waals surface area (Å²) in [6, 6.07) is 0.0914. The lowest BCUT2D eigenvalue weighted by atomic mass is 9.82. The largest absolute Gasteiger partial charge is 0.495 e. The summed E-state index contributed by atoms with van der Waals surface area (Å²) in [6.07, 6.45) is 7.16. The summed E-state index contributed by atoms with van der Waals surface area (Å²) in [4.78, 5) is 4.53. The molecule has 0 saturated carbocycles.